The first kappa shape index (κ1) is 44.1. The number of anilines is 3. The van der Waals surface area contributed by atoms with E-state index in [1.165, 1.54) is 105 Å². The Balaban J connectivity index is 1.00. The van der Waals surface area contributed by atoms with Gasteiger partial charge in [0.05, 0.1) is 11.0 Å². The standard InChI is InChI=1S/C67H62N2/c1-43-37-61(66(6,7)8)44(2)36-58(43)49-38-50(65(3,4)5)41-54(39-49)69-63-23-17-15-21-57(63)59-40-48(28-35-64(59)69)47-26-31-52(32-27-47)68(51-29-24-46(25-30-51)45-18-12-11-13-19-45)53-33-34-56-55-20-14-16-22-60(55)67(9,10)62(56)42-53/h11-42H,1-10H3. The van der Waals surface area contributed by atoms with Crippen LogP contribution >= 0.6 is 0 Å². The number of hydrogen-bond donors (Lipinski definition) is 0. The summed E-state index contributed by atoms with van der Waals surface area (Å²) < 4.78 is 2.49. The predicted octanol–water partition coefficient (Wildman–Crippen LogP) is 18.8. The Hall–Kier alpha value is -7.42. The topological polar surface area (TPSA) is 8.17 Å². The molecular formula is C67H62N2. The maximum absolute atomic E-state index is 2.49. The van der Waals surface area contributed by atoms with Crippen molar-refractivity contribution in [2.45, 2.75) is 85.5 Å². The van der Waals surface area contributed by atoms with Crippen LogP contribution in [0.25, 0.3) is 72.0 Å². The van der Waals surface area contributed by atoms with Crippen molar-refractivity contribution in [2.24, 2.45) is 0 Å². The van der Waals surface area contributed by atoms with Crippen molar-refractivity contribution >= 4 is 38.9 Å². The van der Waals surface area contributed by atoms with Gasteiger partial charge < -0.3 is 9.47 Å². The highest BCUT2D eigenvalue weighted by atomic mass is 15.1. The molecule has 0 spiro atoms. The minimum atomic E-state index is -0.107. The smallest absolute Gasteiger partial charge is 0.0541 e. The fourth-order valence-electron chi connectivity index (χ4n) is 11.2. The molecule has 0 atom stereocenters. The summed E-state index contributed by atoms with van der Waals surface area (Å²) >= 11 is 0. The Morgan fingerprint density at radius 1 is 0.391 bits per heavy atom. The number of nitrogens with zero attached hydrogens (tertiary/aromatic N) is 2. The molecule has 0 fully saturated rings. The molecule has 2 nitrogen and oxygen atoms in total. The van der Waals surface area contributed by atoms with Gasteiger partial charge in [-0.15, -0.1) is 0 Å². The second kappa shape index (κ2) is 16.4. The second-order valence-electron chi connectivity index (χ2n) is 22.0. The molecule has 1 aliphatic rings. The maximum atomic E-state index is 2.49. The van der Waals surface area contributed by atoms with Crippen molar-refractivity contribution in [3.05, 3.63) is 228 Å². The lowest BCUT2D eigenvalue weighted by atomic mass is 9.80. The first-order valence-corrected chi connectivity index (χ1v) is 24.7. The Labute approximate surface area is 409 Å². The van der Waals surface area contributed by atoms with E-state index in [4.69, 9.17) is 0 Å². The minimum Gasteiger partial charge on any atom is -0.310 e. The van der Waals surface area contributed by atoms with Crippen LogP contribution in [0.5, 0.6) is 0 Å². The third-order valence-electron chi connectivity index (χ3n) is 14.9. The summed E-state index contributed by atoms with van der Waals surface area (Å²) in [5, 5.41) is 2.50. The molecule has 340 valence electrons. The van der Waals surface area contributed by atoms with Gasteiger partial charge in [0.2, 0.25) is 0 Å². The normalized spacial score (nSPS) is 13.2. The molecule has 0 unspecified atom stereocenters. The lowest BCUT2D eigenvalue weighted by Gasteiger charge is -2.28. The van der Waals surface area contributed by atoms with Crippen LogP contribution in [0.4, 0.5) is 17.1 Å². The summed E-state index contributed by atoms with van der Waals surface area (Å²) in [7, 11) is 0. The van der Waals surface area contributed by atoms with E-state index in [1.54, 1.807) is 0 Å². The zero-order valence-electron chi connectivity index (χ0n) is 41.9. The van der Waals surface area contributed by atoms with Gasteiger partial charge in [-0.2, -0.15) is 0 Å². The summed E-state index contributed by atoms with van der Waals surface area (Å²) in [6.07, 6.45) is 0. The van der Waals surface area contributed by atoms with Crippen LogP contribution in [0.3, 0.4) is 0 Å². The minimum absolute atomic E-state index is 0.0403. The van der Waals surface area contributed by atoms with E-state index in [0.29, 0.717) is 0 Å². The van der Waals surface area contributed by atoms with Gasteiger partial charge in [-0.05, 0) is 169 Å². The van der Waals surface area contributed by atoms with Gasteiger partial charge in [0.15, 0.2) is 0 Å². The molecule has 11 rings (SSSR count). The van der Waals surface area contributed by atoms with Gasteiger partial charge in [-0.3, -0.25) is 0 Å². The zero-order chi connectivity index (χ0) is 48.0. The first-order chi connectivity index (χ1) is 33.0. The fourth-order valence-corrected chi connectivity index (χ4v) is 11.2. The van der Waals surface area contributed by atoms with Gasteiger partial charge in [0.25, 0.3) is 0 Å². The fraction of sp³-hybridized carbons (Fsp3) is 0.194. The third-order valence-corrected chi connectivity index (χ3v) is 14.9. The molecule has 1 aromatic heterocycles. The lowest BCUT2D eigenvalue weighted by Crippen LogP contribution is -2.16. The summed E-state index contributed by atoms with van der Waals surface area (Å²) in [5.74, 6) is 0. The van der Waals surface area contributed by atoms with E-state index in [-0.39, 0.29) is 16.2 Å². The largest absolute Gasteiger partial charge is 0.310 e. The van der Waals surface area contributed by atoms with Crippen molar-refractivity contribution in [3.63, 3.8) is 0 Å². The molecule has 2 heteroatoms. The van der Waals surface area contributed by atoms with E-state index >= 15 is 0 Å². The number of rotatable bonds is 7. The van der Waals surface area contributed by atoms with Crippen LogP contribution in [0.2, 0.25) is 0 Å². The molecule has 0 radical (unpaired) electrons. The molecule has 10 aromatic rings. The third kappa shape index (κ3) is 7.67. The van der Waals surface area contributed by atoms with Crippen molar-refractivity contribution in [2.75, 3.05) is 4.90 Å². The van der Waals surface area contributed by atoms with Crippen LogP contribution in [0, 0.1) is 13.8 Å². The van der Waals surface area contributed by atoms with Crippen molar-refractivity contribution < 1.29 is 0 Å². The van der Waals surface area contributed by atoms with Crippen LogP contribution in [0.15, 0.2) is 194 Å². The highest BCUT2D eigenvalue weighted by Crippen LogP contribution is 2.51. The molecule has 0 N–H and O–H groups in total. The van der Waals surface area contributed by atoms with E-state index in [0.717, 1.165) is 17.1 Å². The summed E-state index contributed by atoms with van der Waals surface area (Å²) in [5.41, 5.74) is 25.1. The number of aryl methyl sites for hydroxylation is 2. The van der Waals surface area contributed by atoms with Gasteiger partial charge in [0.1, 0.15) is 0 Å². The number of hydrogen-bond acceptors (Lipinski definition) is 1. The maximum Gasteiger partial charge on any atom is 0.0541 e. The molecule has 1 aliphatic carbocycles. The number of fused-ring (bicyclic) bond motifs is 6. The molecule has 0 bridgehead atoms. The molecule has 9 aromatic carbocycles. The Kier molecular flexibility index (Phi) is 10.5. The van der Waals surface area contributed by atoms with Crippen LogP contribution in [-0.2, 0) is 16.2 Å². The highest BCUT2D eigenvalue weighted by molar-refractivity contribution is 6.10. The number of aromatic nitrogens is 1. The Bertz CT molecular complexity index is 3590. The SMILES string of the molecule is Cc1cc(C(C)(C)C)c(C)cc1-c1cc(-n2c3ccccc3c3cc(-c4ccc(N(c5ccc(-c6ccccc6)cc5)c5ccc6c(c5)C(C)(C)c5ccccc5-6)cc4)ccc32)cc(C(C)(C)C)c1. The van der Waals surface area contributed by atoms with Crippen molar-refractivity contribution in [1.29, 1.82) is 0 Å². The summed E-state index contributed by atoms with van der Waals surface area (Å²) in [4.78, 5) is 2.41. The van der Waals surface area contributed by atoms with Gasteiger partial charge in [0, 0.05) is 38.9 Å². The summed E-state index contributed by atoms with van der Waals surface area (Å²) in [6.45, 7) is 23.2. The predicted molar refractivity (Wildman–Crippen MR) is 296 cm³/mol. The molecule has 0 saturated carbocycles. The van der Waals surface area contributed by atoms with Crippen LogP contribution < -0.4 is 4.90 Å². The van der Waals surface area contributed by atoms with E-state index < -0.39 is 0 Å². The van der Waals surface area contributed by atoms with Crippen LogP contribution in [-0.4, -0.2) is 4.57 Å². The number of para-hydroxylation sites is 1. The van der Waals surface area contributed by atoms with Crippen LogP contribution in [0.1, 0.15) is 88.8 Å². The molecule has 0 saturated heterocycles. The molecule has 1 heterocycles. The summed E-state index contributed by atoms with van der Waals surface area (Å²) in [6, 6.07) is 72.8. The van der Waals surface area contributed by atoms with Gasteiger partial charge >= 0.3 is 0 Å². The van der Waals surface area contributed by atoms with E-state index in [2.05, 4.69) is 273 Å². The number of benzene rings is 9. The van der Waals surface area contributed by atoms with Gasteiger partial charge in [-0.25, -0.2) is 0 Å². The average molecular weight is 895 g/mol. The second-order valence-corrected chi connectivity index (χ2v) is 22.0. The van der Waals surface area contributed by atoms with Gasteiger partial charge in [-0.1, -0.05) is 183 Å². The molecule has 0 aliphatic heterocycles. The van der Waals surface area contributed by atoms with E-state index in [9.17, 15) is 0 Å². The zero-order valence-corrected chi connectivity index (χ0v) is 41.9. The molecule has 69 heavy (non-hydrogen) atoms. The first-order valence-electron chi connectivity index (χ1n) is 24.7. The van der Waals surface area contributed by atoms with E-state index in [1.807, 2.05) is 0 Å². The molecule has 0 amide bonds. The lowest BCUT2D eigenvalue weighted by molar-refractivity contribution is 0.585. The monoisotopic (exact) mass is 894 g/mol. The van der Waals surface area contributed by atoms with Crippen molar-refractivity contribution in [1.82, 2.24) is 4.57 Å². The Morgan fingerprint density at radius 2 is 0.971 bits per heavy atom. The van der Waals surface area contributed by atoms with Crippen molar-refractivity contribution in [3.8, 4) is 50.2 Å². The average Bonchev–Trinajstić information content (AvgIpc) is 3.79. The molecular weight excluding hydrogens is 833 g/mol. The highest BCUT2D eigenvalue weighted by Gasteiger charge is 2.36. The quantitative estimate of drug-likeness (QED) is 0.155. The Morgan fingerprint density at radius 3 is 1.67 bits per heavy atom.